The summed E-state index contributed by atoms with van der Waals surface area (Å²) in [5, 5.41) is 3.29. The molecular weight excluding hydrogens is 302 g/mol. The average Bonchev–Trinajstić information content (AvgIpc) is 2.94. The molecule has 3 rings (SSSR count). The van der Waals surface area contributed by atoms with Gasteiger partial charge in [-0.15, -0.1) is 0 Å². The molecule has 0 aliphatic carbocycles. The van der Waals surface area contributed by atoms with Gasteiger partial charge in [-0.2, -0.15) is 0 Å². The molecule has 0 spiro atoms. The van der Waals surface area contributed by atoms with Crippen molar-refractivity contribution in [3.63, 3.8) is 0 Å². The zero-order chi connectivity index (χ0) is 15.5. The van der Waals surface area contributed by atoms with Crippen LogP contribution in [0.4, 0.5) is 11.4 Å². The van der Waals surface area contributed by atoms with Crippen LogP contribution < -0.4 is 10.2 Å². The molecule has 0 saturated carbocycles. The summed E-state index contributed by atoms with van der Waals surface area (Å²) < 4.78 is 0. The van der Waals surface area contributed by atoms with Gasteiger partial charge in [0.1, 0.15) is 0 Å². The molecule has 5 nitrogen and oxygen atoms in total. The molecule has 1 aliphatic heterocycles. The fourth-order valence-corrected chi connectivity index (χ4v) is 2.62. The van der Waals surface area contributed by atoms with Gasteiger partial charge in [0.25, 0.3) is 5.91 Å². The maximum Gasteiger partial charge on any atom is 0.257 e. The van der Waals surface area contributed by atoms with Gasteiger partial charge in [-0.05, 0) is 36.8 Å². The van der Waals surface area contributed by atoms with Crippen LogP contribution in [0.25, 0.3) is 0 Å². The zero-order valence-corrected chi connectivity index (χ0v) is 12.5. The molecular formula is C16H14ClN3O2. The minimum atomic E-state index is -0.280. The average molecular weight is 316 g/mol. The van der Waals surface area contributed by atoms with Crippen LogP contribution >= 0.6 is 11.6 Å². The highest BCUT2D eigenvalue weighted by Crippen LogP contribution is 2.29. The molecule has 112 valence electrons. The highest BCUT2D eigenvalue weighted by atomic mass is 35.5. The van der Waals surface area contributed by atoms with Crippen molar-refractivity contribution < 1.29 is 9.59 Å². The lowest BCUT2D eigenvalue weighted by Gasteiger charge is -2.19. The summed E-state index contributed by atoms with van der Waals surface area (Å²) in [5.41, 5.74) is 1.63. The number of hydrogen-bond acceptors (Lipinski definition) is 3. The van der Waals surface area contributed by atoms with E-state index in [0.717, 1.165) is 6.42 Å². The third kappa shape index (κ3) is 2.94. The summed E-state index contributed by atoms with van der Waals surface area (Å²) in [7, 11) is 0. The van der Waals surface area contributed by atoms with Crippen LogP contribution in [0.3, 0.4) is 0 Å². The first kappa shape index (κ1) is 14.5. The predicted octanol–water partition coefficient (Wildman–Crippen LogP) is 3.11. The van der Waals surface area contributed by atoms with Crippen molar-refractivity contribution in [2.75, 3.05) is 16.8 Å². The van der Waals surface area contributed by atoms with E-state index in [1.165, 1.54) is 0 Å². The summed E-state index contributed by atoms with van der Waals surface area (Å²) in [6.45, 7) is 0.606. The van der Waals surface area contributed by atoms with Crippen molar-refractivity contribution >= 4 is 34.8 Å². The molecule has 0 unspecified atom stereocenters. The highest BCUT2D eigenvalue weighted by Gasteiger charge is 2.26. The number of aromatic nitrogens is 1. The largest absolute Gasteiger partial charge is 0.322 e. The van der Waals surface area contributed by atoms with E-state index in [0.29, 0.717) is 34.9 Å². The molecule has 6 heteroatoms. The lowest BCUT2D eigenvalue weighted by molar-refractivity contribution is -0.117. The standard InChI is InChI=1S/C16H14ClN3O2/c17-11-3-4-13(14(10-11)20-9-1-2-15(20)21)16(22)19-12-5-7-18-8-6-12/h3-8,10H,1-2,9H2,(H,18,19,22). The minimum absolute atomic E-state index is 0.0141. The number of benzene rings is 1. The van der Waals surface area contributed by atoms with Crippen molar-refractivity contribution in [3.05, 3.63) is 53.3 Å². The van der Waals surface area contributed by atoms with E-state index in [-0.39, 0.29) is 11.8 Å². The monoisotopic (exact) mass is 315 g/mol. The Balaban J connectivity index is 1.93. The Morgan fingerprint density at radius 2 is 2.00 bits per heavy atom. The van der Waals surface area contributed by atoms with Gasteiger partial charge < -0.3 is 10.2 Å². The Morgan fingerprint density at radius 3 is 2.68 bits per heavy atom. The first-order valence-corrected chi connectivity index (χ1v) is 7.34. The van der Waals surface area contributed by atoms with Gasteiger partial charge >= 0.3 is 0 Å². The van der Waals surface area contributed by atoms with Crippen LogP contribution in [0, 0.1) is 0 Å². The summed E-state index contributed by atoms with van der Waals surface area (Å²) in [6, 6.07) is 8.35. The summed E-state index contributed by atoms with van der Waals surface area (Å²) in [4.78, 5) is 30.0. The smallest absolute Gasteiger partial charge is 0.257 e. The Bertz CT molecular complexity index is 719. The fraction of sp³-hybridized carbons (Fsp3) is 0.188. The molecule has 1 saturated heterocycles. The van der Waals surface area contributed by atoms with E-state index < -0.39 is 0 Å². The normalized spacial score (nSPS) is 14.2. The van der Waals surface area contributed by atoms with E-state index in [1.54, 1.807) is 47.6 Å². The van der Waals surface area contributed by atoms with Gasteiger partial charge in [-0.1, -0.05) is 11.6 Å². The molecule has 2 amide bonds. The number of nitrogens with one attached hydrogen (secondary N) is 1. The van der Waals surface area contributed by atoms with Crippen LogP contribution in [-0.2, 0) is 4.79 Å². The van der Waals surface area contributed by atoms with Gasteiger partial charge in [-0.3, -0.25) is 14.6 Å². The van der Waals surface area contributed by atoms with Crippen molar-refractivity contribution in [2.45, 2.75) is 12.8 Å². The van der Waals surface area contributed by atoms with Crippen molar-refractivity contribution in [3.8, 4) is 0 Å². The number of amides is 2. The van der Waals surface area contributed by atoms with Gasteiger partial charge in [0.05, 0.1) is 11.3 Å². The number of halogens is 1. The molecule has 1 fully saturated rings. The summed E-state index contributed by atoms with van der Waals surface area (Å²) in [5.74, 6) is -0.266. The van der Waals surface area contributed by atoms with E-state index in [9.17, 15) is 9.59 Å². The predicted molar refractivity (Wildman–Crippen MR) is 85.2 cm³/mol. The Kier molecular flexibility index (Phi) is 4.06. The molecule has 22 heavy (non-hydrogen) atoms. The van der Waals surface area contributed by atoms with Crippen LogP contribution in [-0.4, -0.2) is 23.3 Å². The lowest BCUT2D eigenvalue weighted by atomic mass is 10.1. The molecule has 1 aromatic carbocycles. The molecule has 1 N–H and O–H groups in total. The number of carbonyl (C=O) groups is 2. The van der Waals surface area contributed by atoms with Crippen LogP contribution in [0.15, 0.2) is 42.7 Å². The van der Waals surface area contributed by atoms with Gasteiger partial charge in [0, 0.05) is 36.1 Å². The van der Waals surface area contributed by atoms with E-state index in [4.69, 9.17) is 11.6 Å². The molecule has 0 atom stereocenters. The molecule has 0 radical (unpaired) electrons. The lowest BCUT2D eigenvalue weighted by Crippen LogP contribution is -2.27. The van der Waals surface area contributed by atoms with E-state index >= 15 is 0 Å². The third-order valence-corrected chi connectivity index (χ3v) is 3.74. The van der Waals surface area contributed by atoms with Crippen LogP contribution in [0.2, 0.25) is 5.02 Å². The van der Waals surface area contributed by atoms with Crippen LogP contribution in [0.1, 0.15) is 23.2 Å². The van der Waals surface area contributed by atoms with E-state index in [1.807, 2.05) is 0 Å². The number of anilines is 2. The Hall–Kier alpha value is -2.40. The molecule has 2 aromatic rings. The summed E-state index contributed by atoms with van der Waals surface area (Å²) in [6.07, 6.45) is 4.49. The summed E-state index contributed by atoms with van der Waals surface area (Å²) >= 11 is 6.03. The second kappa shape index (κ2) is 6.15. The second-order valence-corrected chi connectivity index (χ2v) is 5.44. The molecule has 0 bridgehead atoms. The number of pyridine rings is 1. The molecule has 2 heterocycles. The SMILES string of the molecule is O=C(Nc1ccncc1)c1ccc(Cl)cc1N1CCCC1=O. The number of hydrogen-bond donors (Lipinski definition) is 1. The first-order valence-electron chi connectivity index (χ1n) is 6.96. The maximum absolute atomic E-state index is 12.5. The first-order chi connectivity index (χ1) is 10.6. The second-order valence-electron chi connectivity index (χ2n) is 5.00. The van der Waals surface area contributed by atoms with Gasteiger partial charge in [0.2, 0.25) is 5.91 Å². The number of rotatable bonds is 3. The zero-order valence-electron chi connectivity index (χ0n) is 11.8. The topological polar surface area (TPSA) is 62.3 Å². The van der Waals surface area contributed by atoms with Gasteiger partial charge in [-0.25, -0.2) is 0 Å². The molecule has 1 aromatic heterocycles. The number of carbonyl (C=O) groups excluding carboxylic acids is 2. The van der Waals surface area contributed by atoms with E-state index in [2.05, 4.69) is 10.3 Å². The Labute approximate surface area is 132 Å². The fourth-order valence-electron chi connectivity index (χ4n) is 2.46. The van der Waals surface area contributed by atoms with Crippen molar-refractivity contribution in [1.29, 1.82) is 0 Å². The van der Waals surface area contributed by atoms with Crippen molar-refractivity contribution in [1.82, 2.24) is 4.98 Å². The Morgan fingerprint density at radius 1 is 1.23 bits per heavy atom. The molecule has 1 aliphatic rings. The van der Waals surface area contributed by atoms with Crippen LogP contribution in [0.5, 0.6) is 0 Å². The minimum Gasteiger partial charge on any atom is -0.322 e. The third-order valence-electron chi connectivity index (χ3n) is 3.51. The highest BCUT2D eigenvalue weighted by molar-refractivity contribution is 6.31. The van der Waals surface area contributed by atoms with Crippen molar-refractivity contribution in [2.24, 2.45) is 0 Å². The quantitative estimate of drug-likeness (QED) is 0.946. The number of nitrogens with zero attached hydrogens (tertiary/aromatic N) is 2. The maximum atomic E-state index is 12.5. The van der Waals surface area contributed by atoms with Gasteiger partial charge in [0.15, 0.2) is 0 Å².